The summed E-state index contributed by atoms with van der Waals surface area (Å²) in [5.74, 6) is 0.647. The number of ether oxygens (including phenoxy) is 1. The molecule has 0 heterocycles. The summed E-state index contributed by atoms with van der Waals surface area (Å²) in [5, 5.41) is 9.73. The van der Waals surface area contributed by atoms with E-state index in [1.807, 2.05) is 0 Å². The van der Waals surface area contributed by atoms with Gasteiger partial charge in [0, 0.05) is 5.02 Å². The van der Waals surface area contributed by atoms with Crippen LogP contribution in [0.25, 0.3) is 0 Å². The Kier molecular flexibility index (Phi) is 3.80. The van der Waals surface area contributed by atoms with Gasteiger partial charge in [-0.15, -0.1) is 6.58 Å². The van der Waals surface area contributed by atoms with Crippen molar-refractivity contribution < 1.29 is 9.84 Å². The molecule has 1 N–H and O–H groups in total. The second-order valence-corrected chi connectivity index (χ2v) is 3.01. The number of rotatable bonds is 4. The highest BCUT2D eigenvalue weighted by molar-refractivity contribution is 6.30. The molecule has 1 aromatic carbocycles. The van der Waals surface area contributed by atoms with Gasteiger partial charge < -0.3 is 9.84 Å². The van der Waals surface area contributed by atoms with Crippen LogP contribution in [0.1, 0.15) is 0 Å². The Morgan fingerprint density at radius 2 is 2.38 bits per heavy atom. The zero-order valence-electron chi connectivity index (χ0n) is 7.11. The van der Waals surface area contributed by atoms with Crippen LogP contribution in [0.15, 0.2) is 36.9 Å². The minimum atomic E-state index is -0.640. The summed E-state index contributed by atoms with van der Waals surface area (Å²) in [7, 11) is 0. The van der Waals surface area contributed by atoms with Crippen molar-refractivity contribution in [2.24, 2.45) is 0 Å². The van der Waals surface area contributed by atoms with E-state index in [9.17, 15) is 0 Å². The first kappa shape index (κ1) is 10.1. The Hall–Kier alpha value is -0.990. The van der Waals surface area contributed by atoms with Crippen molar-refractivity contribution in [3.63, 3.8) is 0 Å². The average Bonchev–Trinajstić information content (AvgIpc) is 2.14. The first-order valence-corrected chi connectivity index (χ1v) is 4.29. The maximum Gasteiger partial charge on any atom is 0.120 e. The van der Waals surface area contributed by atoms with Gasteiger partial charge >= 0.3 is 0 Å². The summed E-state index contributed by atoms with van der Waals surface area (Å²) in [6.45, 7) is 3.63. The molecular formula is C10H11ClO2. The maximum absolute atomic E-state index is 9.11. The average molecular weight is 199 g/mol. The highest BCUT2D eigenvalue weighted by atomic mass is 35.5. The number of aliphatic hydroxyl groups excluding tert-OH is 1. The van der Waals surface area contributed by atoms with Gasteiger partial charge in [-0.25, -0.2) is 0 Å². The van der Waals surface area contributed by atoms with Crippen LogP contribution in [-0.4, -0.2) is 17.8 Å². The smallest absolute Gasteiger partial charge is 0.120 e. The van der Waals surface area contributed by atoms with E-state index in [4.69, 9.17) is 21.4 Å². The third-order valence-electron chi connectivity index (χ3n) is 1.49. The number of benzene rings is 1. The first-order valence-electron chi connectivity index (χ1n) is 3.91. The van der Waals surface area contributed by atoms with Crippen LogP contribution < -0.4 is 4.74 Å². The van der Waals surface area contributed by atoms with E-state index in [1.54, 1.807) is 24.3 Å². The van der Waals surface area contributed by atoms with Crippen molar-refractivity contribution in [3.8, 4) is 5.75 Å². The molecule has 0 bridgehead atoms. The van der Waals surface area contributed by atoms with E-state index >= 15 is 0 Å². The molecule has 0 aromatic heterocycles. The lowest BCUT2D eigenvalue weighted by atomic mass is 10.3. The predicted molar refractivity (Wildman–Crippen MR) is 53.2 cm³/mol. The summed E-state index contributed by atoms with van der Waals surface area (Å²) >= 11 is 5.73. The molecule has 0 saturated carbocycles. The van der Waals surface area contributed by atoms with Crippen molar-refractivity contribution in [1.29, 1.82) is 0 Å². The van der Waals surface area contributed by atoms with Gasteiger partial charge in [-0.1, -0.05) is 23.7 Å². The second kappa shape index (κ2) is 4.90. The van der Waals surface area contributed by atoms with Gasteiger partial charge in [0.1, 0.15) is 18.5 Å². The lowest BCUT2D eigenvalue weighted by Gasteiger charge is -2.08. The van der Waals surface area contributed by atoms with Crippen LogP contribution in [0.2, 0.25) is 5.02 Å². The monoisotopic (exact) mass is 198 g/mol. The molecule has 0 fully saturated rings. The van der Waals surface area contributed by atoms with Crippen molar-refractivity contribution in [1.82, 2.24) is 0 Å². The normalized spacial score (nSPS) is 12.2. The van der Waals surface area contributed by atoms with Crippen LogP contribution in [0.4, 0.5) is 0 Å². The maximum atomic E-state index is 9.11. The Labute approximate surface area is 82.4 Å². The number of aliphatic hydroxyl groups is 1. The lowest BCUT2D eigenvalue weighted by molar-refractivity contribution is 0.145. The number of hydrogen-bond donors (Lipinski definition) is 1. The fourth-order valence-electron chi connectivity index (χ4n) is 0.806. The number of hydrogen-bond acceptors (Lipinski definition) is 2. The summed E-state index contributed by atoms with van der Waals surface area (Å²) in [4.78, 5) is 0. The quantitative estimate of drug-likeness (QED) is 0.753. The fourth-order valence-corrected chi connectivity index (χ4v) is 0.987. The van der Waals surface area contributed by atoms with Crippen LogP contribution in [0.5, 0.6) is 5.75 Å². The Balaban J connectivity index is 2.49. The molecule has 0 spiro atoms. The van der Waals surface area contributed by atoms with Gasteiger partial charge in [0.2, 0.25) is 0 Å². The predicted octanol–water partition coefficient (Wildman–Crippen LogP) is 2.27. The summed E-state index contributed by atoms with van der Waals surface area (Å²) in [6, 6.07) is 7.02. The Morgan fingerprint density at radius 3 is 3.00 bits per heavy atom. The molecular weight excluding hydrogens is 188 g/mol. The number of halogens is 1. The van der Waals surface area contributed by atoms with E-state index in [-0.39, 0.29) is 6.61 Å². The Morgan fingerprint density at radius 1 is 1.62 bits per heavy atom. The van der Waals surface area contributed by atoms with E-state index in [0.29, 0.717) is 10.8 Å². The van der Waals surface area contributed by atoms with E-state index in [0.717, 1.165) is 0 Å². The van der Waals surface area contributed by atoms with Crippen LogP contribution >= 0.6 is 11.6 Å². The SMILES string of the molecule is C=C[C@@H](O)COc1cccc(Cl)c1. The summed E-state index contributed by atoms with van der Waals surface area (Å²) in [6.07, 6.45) is 0.781. The molecule has 70 valence electrons. The van der Waals surface area contributed by atoms with Crippen LogP contribution in [0, 0.1) is 0 Å². The molecule has 0 unspecified atom stereocenters. The van der Waals surface area contributed by atoms with Crippen LogP contribution in [-0.2, 0) is 0 Å². The standard InChI is InChI=1S/C10H11ClO2/c1-2-9(12)7-13-10-5-3-4-8(11)6-10/h2-6,9,12H,1,7H2/t9-/m1/s1. The highest BCUT2D eigenvalue weighted by Gasteiger charge is 1.99. The molecule has 0 saturated heterocycles. The minimum absolute atomic E-state index is 0.198. The van der Waals surface area contributed by atoms with Crippen LogP contribution in [0.3, 0.4) is 0 Å². The minimum Gasteiger partial charge on any atom is -0.491 e. The van der Waals surface area contributed by atoms with Crippen molar-refractivity contribution >= 4 is 11.6 Å². The van der Waals surface area contributed by atoms with Gasteiger partial charge in [-0.3, -0.25) is 0 Å². The molecule has 0 radical (unpaired) electrons. The molecule has 1 atom stereocenters. The topological polar surface area (TPSA) is 29.5 Å². The molecule has 0 aliphatic heterocycles. The van der Waals surface area contributed by atoms with Gasteiger partial charge in [0.15, 0.2) is 0 Å². The van der Waals surface area contributed by atoms with Gasteiger partial charge in [0.25, 0.3) is 0 Å². The highest BCUT2D eigenvalue weighted by Crippen LogP contribution is 2.17. The molecule has 1 rings (SSSR count). The van der Waals surface area contributed by atoms with Crippen molar-refractivity contribution in [3.05, 3.63) is 41.9 Å². The molecule has 2 nitrogen and oxygen atoms in total. The fraction of sp³-hybridized carbons (Fsp3) is 0.200. The molecule has 0 aliphatic carbocycles. The zero-order chi connectivity index (χ0) is 9.68. The molecule has 0 aliphatic rings. The van der Waals surface area contributed by atoms with Gasteiger partial charge in [0.05, 0.1) is 0 Å². The largest absolute Gasteiger partial charge is 0.491 e. The van der Waals surface area contributed by atoms with E-state index in [1.165, 1.54) is 6.08 Å². The third kappa shape index (κ3) is 3.49. The summed E-state index contributed by atoms with van der Waals surface area (Å²) < 4.78 is 5.23. The molecule has 3 heteroatoms. The van der Waals surface area contributed by atoms with E-state index < -0.39 is 6.10 Å². The van der Waals surface area contributed by atoms with Crippen molar-refractivity contribution in [2.45, 2.75) is 6.10 Å². The molecule has 0 amide bonds. The third-order valence-corrected chi connectivity index (χ3v) is 1.72. The first-order chi connectivity index (χ1) is 6.22. The second-order valence-electron chi connectivity index (χ2n) is 2.57. The zero-order valence-corrected chi connectivity index (χ0v) is 7.87. The van der Waals surface area contributed by atoms with Gasteiger partial charge in [-0.2, -0.15) is 0 Å². The van der Waals surface area contributed by atoms with Crippen molar-refractivity contribution in [2.75, 3.05) is 6.61 Å². The van der Waals surface area contributed by atoms with E-state index in [2.05, 4.69) is 6.58 Å². The van der Waals surface area contributed by atoms with Gasteiger partial charge in [-0.05, 0) is 18.2 Å². The molecule has 1 aromatic rings. The summed E-state index contributed by atoms with van der Waals surface area (Å²) in [5.41, 5.74) is 0. The lowest BCUT2D eigenvalue weighted by Crippen LogP contribution is -2.13. The molecule has 13 heavy (non-hydrogen) atoms. The Bertz CT molecular complexity index is 286.